The van der Waals surface area contributed by atoms with E-state index in [0.29, 0.717) is 18.1 Å². The van der Waals surface area contributed by atoms with E-state index in [1.54, 1.807) is 6.20 Å². The summed E-state index contributed by atoms with van der Waals surface area (Å²) in [6.45, 7) is 0.395. The van der Waals surface area contributed by atoms with E-state index in [-0.39, 0.29) is 5.91 Å². The van der Waals surface area contributed by atoms with Gasteiger partial charge in [0.25, 0.3) is 5.91 Å². The number of pyridine rings is 1. The topological polar surface area (TPSA) is 96.7 Å². The van der Waals surface area contributed by atoms with E-state index in [1.165, 1.54) is 6.07 Å². The molecular weight excluding hydrogens is 254 g/mol. The average Bonchev–Trinajstić information content (AvgIpc) is 2.91. The van der Waals surface area contributed by atoms with Crippen molar-refractivity contribution >= 4 is 22.6 Å². The van der Waals surface area contributed by atoms with Crippen LogP contribution in [0.15, 0.2) is 42.6 Å². The molecule has 100 valence electrons. The molecule has 3 rings (SSSR count). The fourth-order valence-electron chi connectivity index (χ4n) is 2.03. The van der Waals surface area contributed by atoms with Gasteiger partial charge in [0.15, 0.2) is 0 Å². The van der Waals surface area contributed by atoms with Gasteiger partial charge in [-0.05, 0) is 11.6 Å². The van der Waals surface area contributed by atoms with E-state index in [1.807, 2.05) is 30.3 Å². The number of carbonyl (C=O) groups is 1. The molecular formula is C14H13N5O. The maximum atomic E-state index is 11.9. The van der Waals surface area contributed by atoms with Crippen molar-refractivity contribution in [3.63, 3.8) is 0 Å². The molecule has 0 unspecified atom stereocenters. The molecule has 0 aliphatic carbocycles. The number of hydrogen-bond donors (Lipinski definition) is 3. The number of carbonyl (C=O) groups excluding carboxylic acids is 1. The van der Waals surface area contributed by atoms with Gasteiger partial charge in [-0.25, -0.2) is 0 Å². The molecule has 0 spiro atoms. The summed E-state index contributed by atoms with van der Waals surface area (Å²) < 4.78 is 0. The smallest absolute Gasteiger partial charge is 0.269 e. The predicted octanol–water partition coefficient (Wildman–Crippen LogP) is 1.47. The summed E-state index contributed by atoms with van der Waals surface area (Å²) in [7, 11) is 0. The first kappa shape index (κ1) is 12.2. The van der Waals surface area contributed by atoms with Crippen molar-refractivity contribution < 1.29 is 4.79 Å². The number of aromatic amines is 1. The highest BCUT2D eigenvalue weighted by Gasteiger charge is 2.09. The Morgan fingerprint density at radius 1 is 1.30 bits per heavy atom. The molecule has 2 aromatic heterocycles. The minimum atomic E-state index is -0.248. The molecule has 2 heterocycles. The fraction of sp³-hybridized carbons (Fsp3) is 0.0714. The number of nitrogen functional groups attached to an aromatic ring is 1. The Labute approximate surface area is 115 Å². The molecule has 0 fully saturated rings. The van der Waals surface area contributed by atoms with Gasteiger partial charge in [-0.3, -0.25) is 14.9 Å². The number of anilines is 1. The summed E-state index contributed by atoms with van der Waals surface area (Å²) in [6.07, 6.45) is 1.74. The van der Waals surface area contributed by atoms with Gasteiger partial charge >= 0.3 is 0 Å². The zero-order chi connectivity index (χ0) is 13.9. The second-order valence-electron chi connectivity index (χ2n) is 4.38. The maximum absolute atomic E-state index is 11.9. The Kier molecular flexibility index (Phi) is 3.04. The number of aromatic nitrogens is 3. The van der Waals surface area contributed by atoms with Crippen LogP contribution in [0.2, 0.25) is 0 Å². The van der Waals surface area contributed by atoms with E-state index in [4.69, 9.17) is 5.73 Å². The molecule has 3 aromatic rings. The highest BCUT2D eigenvalue weighted by atomic mass is 16.1. The first-order valence-electron chi connectivity index (χ1n) is 6.16. The van der Waals surface area contributed by atoms with Crippen LogP contribution in [0.4, 0.5) is 5.82 Å². The van der Waals surface area contributed by atoms with E-state index < -0.39 is 0 Å². The number of para-hydroxylation sites is 1. The Bertz CT molecular complexity index is 760. The predicted molar refractivity (Wildman–Crippen MR) is 75.9 cm³/mol. The van der Waals surface area contributed by atoms with Crippen LogP contribution in [0.5, 0.6) is 0 Å². The van der Waals surface area contributed by atoms with Gasteiger partial charge < -0.3 is 11.1 Å². The summed E-state index contributed by atoms with van der Waals surface area (Å²) in [5, 5.41) is 10.2. The monoisotopic (exact) mass is 267 g/mol. The molecule has 0 saturated heterocycles. The summed E-state index contributed by atoms with van der Waals surface area (Å²) in [5.74, 6) is 0.0455. The largest absolute Gasteiger partial charge is 0.382 e. The molecule has 4 N–H and O–H groups in total. The number of fused-ring (bicyclic) bond motifs is 1. The third kappa shape index (κ3) is 2.31. The van der Waals surface area contributed by atoms with E-state index in [2.05, 4.69) is 20.5 Å². The molecule has 0 radical (unpaired) electrons. The number of benzene rings is 1. The number of H-pyrrole nitrogens is 1. The highest BCUT2D eigenvalue weighted by molar-refractivity contribution is 5.93. The van der Waals surface area contributed by atoms with Crippen LogP contribution in [0.25, 0.3) is 10.9 Å². The number of amides is 1. The standard InChI is InChI=1S/C14H13N5O/c15-12-7-11(18-19-12)14(20)17-8-10-4-1-3-9-5-2-6-16-13(9)10/h1-7H,8H2,(H,17,20)(H3,15,18,19). The molecule has 0 aliphatic heterocycles. The Hall–Kier alpha value is -2.89. The first-order valence-corrected chi connectivity index (χ1v) is 6.16. The number of nitrogens with two attached hydrogens (primary N) is 1. The van der Waals surface area contributed by atoms with E-state index in [9.17, 15) is 4.79 Å². The second-order valence-corrected chi connectivity index (χ2v) is 4.38. The number of nitrogens with zero attached hydrogens (tertiary/aromatic N) is 2. The van der Waals surface area contributed by atoms with Crippen LogP contribution in [-0.4, -0.2) is 21.1 Å². The molecule has 1 amide bonds. The van der Waals surface area contributed by atoms with Gasteiger partial charge in [0, 0.05) is 24.2 Å². The lowest BCUT2D eigenvalue weighted by Crippen LogP contribution is -2.23. The molecule has 1 aromatic carbocycles. The molecule has 0 atom stereocenters. The highest BCUT2D eigenvalue weighted by Crippen LogP contribution is 2.15. The first-order chi connectivity index (χ1) is 9.74. The van der Waals surface area contributed by atoms with E-state index >= 15 is 0 Å². The van der Waals surface area contributed by atoms with Crippen LogP contribution >= 0.6 is 0 Å². The Balaban J connectivity index is 1.79. The molecule has 6 heteroatoms. The lowest BCUT2D eigenvalue weighted by molar-refractivity contribution is 0.0946. The molecule has 6 nitrogen and oxygen atoms in total. The minimum Gasteiger partial charge on any atom is -0.382 e. The Morgan fingerprint density at radius 2 is 2.15 bits per heavy atom. The van der Waals surface area contributed by atoms with Crippen molar-refractivity contribution in [1.29, 1.82) is 0 Å². The maximum Gasteiger partial charge on any atom is 0.269 e. The van der Waals surface area contributed by atoms with Crippen molar-refractivity contribution in [2.45, 2.75) is 6.54 Å². The fourth-order valence-corrected chi connectivity index (χ4v) is 2.03. The van der Waals surface area contributed by atoms with Crippen LogP contribution in [0.3, 0.4) is 0 Å². The number of rotatable bonds is 3. The van der Waals surface area contributed by atoms with Gasteiger partial charge in [-0.2, -0.15) is 5.10 Å². The van der Waals surface area contributed by atoms with Gasteiger partial charge in [0.2, 0.25) is 0 Å². The zero-order valence-corrected chi connectivity index (χ0v) is 10.6. The van der Waals surface area contributed by atoms with Gasteiger partial charge in [-0.1, -0.05) is 24.3 Å². The van der Waals surface area contributed by atoms with Crippen molar-refractivity contribution in [2.24, 2.45) is 0 Å². The second kappa shape index (κ2) is 5.00. The number of hydrogen-bond acceptors (Lipinski definition) is 4. The zero-order valence-electron chi connectivity index (χ0n) is 10.6. The van der Waals surface area contributed by atoms with Crippen molar-refractivity contribution in [2.75, 3.05) is 5.73 Å². The third-order valence-corrected chi connectivity index (χ3v) is 3.00. The van der Waals surface area contributed by atoms with Crippen LogP contribution in [-0.2, 0) is 6.54 Å². The summed E-state index contributed by atoms with van der Waals surface area (Å²) in [6, 6.07) is 11.2. The summed E-state index contributed by atoms with van der Waals surface area (Å²) in [5.41, 5.74) is 7.66. The average molecular weight is 267 g/mol. The van der Waals surface area contributed by atoms with Gasteiger partial charge in [-0.15, -0.1) is 0 Å². The molecule has 0 saturated carbocycles. The summed E-state index contributed by atoms with van der Waals surface area (Å²) in [4.78, 5) is 16.3. The normalized spacial score (nSPS) is 10.6. The lowest BCUT2D eigenvalue weighted by Gasteiger charge is -2.06. The minimum absolute atomic E-state index is 0.248. The molecule has 20 heavy (non-hydrogen) atoms. The summed E-state index contributed by atoms with van der Waals surface area (Å²) >= 11 is 0. The van der Waals surface area contributed by atoms with Gasteiger partial charge in [0.05, 0.1) is 5.52 Å². The van der Waals surface area contributed by atoms with Crippen molar-refractivity contribution in [1.82, 2.24) is 20.5 Å². The quantitative estimate of drug-likeness (QED) is 0.669. The van der Waals surface area contributed by atoms with Crippen molar-refractivity contribution in [3.05, 3.63) is 53.9 Å². The lowest BCUT2D eigenvalue weighted by atomic mass is 10.1. The van der Waals surface area contributed by atoms with Crippen molar-refractivity contribution in [3.8, 4) is 0 Å². The molecule has 0 bridgehead atoms. The SMILES string of the molecule is Nc1cc(C(=O)NCc2cccc3cccnc23)[nH]n1. The van der Waals surface area contributed by atoms with Crippen LogP contribution in [0, 0.1) is 0 Å². The van der Waals surface area contributed by atoms with Crippen LogP contribution < -0.4 is 11.1 Å². The molecule has 0 aliphatic rings. The number of nitrogens with one attached hydrogen (secondary N) is 2. The third-order valence-electron chi connectivity index (χ3n) is 3.00. The van der Waals surface area contributed by atoms with Gasteiger partial charge in [0.1, 0.15) is 11.5 Å². The Morgan fingerprint density at radius 3 is 2.95 bits per heavy atom. The van der Waals surface area contributed by atoms with E-state index in [0.717, 1.165) is 16.5 Å². The van der Waals surface area contributed by atoms with Crippen LogP contribution in [0.1, 0.15) is 16.1 Å².